The molecule has 0 bridgehead atoms. The van der Waals surface area contributed by atoms with Gasteiger partial charge in [-0.2, -0.15) is 0 Å². The summed E-state index contributed by atoms with van der Waals surface area (Å²) in [6, 6.07) is 3.85. The number of nitrogens with one attached hydrogen (secondary N) is 1. The molecule has 0 aliphatic heterocycles. The molecule has 1 rings (SSSR count). The number of benzene rings is 1. The molecule has 0 fully saturated rings. The molecule has 0 saturated carbocycles. The Morgan fingerprint density at radius 3 is 2.72 bits per heavy atom. The van der Waals surface area contributed by atoms with Gasteiger partial charge in [0.2, 0.25) is 5.91 Å². The average molecular weight is 273 g/mol. The minimum atomic E-state index is -0.442. The second-order valence-electron chi connectivity index (χ2n) is 4.68. The Labute approximate surface area is 112 Å². The van der Waals surface area contributed by atoms with Crippen molar-refractivity contribution in [2.24, 2.45) is 17.6 Å². The van der Waals surface area contributed by atoms with Crippen LogP contribution in [0.5, 0.6) is 0 Å². The van der Waals surface area contributed by atoms with Gasteiger partial charge < -0.3 is 11.1 Å². The van der Waals surface area contributed by atoms with E-state index in [0.29, 0.717) is 17.4 Å². The second-order valence-corrected chi connectivity index (χ2v) is 5.08. The summed E-state index contributed by atoms with van der Waals surface area (Å²) in [5.41, 5.74) is 5.86. The summed E-state index contributed by atoms with van der Waals surface area (Å²) in [4.78, 5) is 12.0. The molecule has 0 heterocycles. The maximum Gasteiger partial charge on any atom is 0.228 e. The monoisotopic (exact) mass is 272 g/mol. The molecule has 0 aliphatic carbocycles. The highest BCUT2D eigenvalue weighted by Crippen LogP contribution is 2.23. The Morgan fingerprint density at radius 1 is 1.50 bits per heavy atom. The number of carbonyl (C=O) groups is 1. The van der Waals surface area contributed by atoms with Crippen LogP contribution < -0.4 is 11.1 Å². The first-order valence-corrected chi connectivity index (χ1v) is 6.27. The number of nitrogens with two attached hydrogens (primary N) is 1. The van der Waals surface area contributed by atoms with E-state index in [9.17, 15) is 9.18 Å². The van der Waals surface area contributed by atoms with Crippen LogP contribution in [0.1, 0.15) is 20.3 Å². The van der Waals surface area contributed by atoms with Crippen molar-refractivity contribution in [2.45, 2.75) is 20.3 Å². The van der Waals surface area contributed by atoms with E-state index in [0.717, 1.165) is 0 Å². The Kier molecular flexibility index (Phi) is 5.56. The molecule has 1 unspecified atom stereocenters. The molecule has 3 N–H and O–H groups in total. The smallest absolute Gasteiger partial charge is 0.228 e. The van der Waals surface area contributed by atoms with Crippen LogP contribution in [0.4, 0.5) is 10.1 Å². The number of hydrogen-bond donors (Lipinski definition) is 2. The summed E-state index contributed by atoms with van der Waals surface area (Å²) in [6.07, 6.45) is 0.690. The minimum absolute atomic E-state index is 0.223. The zero-order valence-electron chi connectivity index (χ0n) is 10.5. The molecule has 5 heteroatoms. The molecule has 0 spiro atoms. The summed E-state index contributed by atoms with van der Waals surface area (Å²) >= 11 is 5.88. The van der Waals surface area contributed by atoms with Crippen molar-refractivity contribution in [1.29, 1.82) is 0 Å². The molecule has 100 valence electrons. The van der Waals surface area contributed by atoms with Crippen LogP contribution in [-0.4, -0.2) is 12.5 Å². The lowest BCUT2D eigenvalue weighted by Crippen LogP contribution is -2.30. The van der Waals surface area contributed by atoms with Gasteiger partial charge in [0.25, 0.3) is 0 Å². The van der Waals surface area contributed by atoms with Crippen molar-refractivity contribution < 1.29 is 9.18 Å². The summed E-state index contributed by atoms with van der Waals surface area (Å²) in [6.45, 7) is 4.30. The molecule has 1 aromatic rings. The van der Waals surface area contributed by atoms with Crippen LogP contribution in [0.3, 0.4) is 0 Å². The van der Waals surface area contributed by atoms with E-state index in [1.54, 1.807) is 0 Å². The standard InChI is InChI=1S/C13H18ClFN2O/c1-8(2)5-9(7-16)13(18)17-12-6-10(15)3-4-11(12)14/h3-4,6,8-9H,5,7,16H2,1-2H3,(H,17,18). The van der Waals surface area contributed by atoms with Gasteiger partial charge in [-0.05, 0) is 30.5 Å². The van der Waals surface area contributed by atoms with Gasteiger partial charge in [0.1, 0.15) is 5.82 Å². The molecular weight excluding hydrogens is 255 g/mol. The van der Waals surface area contributed by atoms with E-state index in [-0.39, 0.29) is 24.1 Å². The van der Waals surface area contributed by atoms with E-state index >= 15 is 0 Å². The maximum absolute atomic E-state index is 13.1. The van der Waals surface area contributed by atoms with Crippen LogP contribution in [0.2, 0.25) is 5.02 Å². The Balaban J connectivity index is 2.76. The van der Waals surface area contributed by atoms with Crippen LogP contribution in [0, 0.1) is 17.7 Å². The zero-order chi connectivity index (χ0) is 13.7. The Bertz CT molecular complexity index is 423. The minimum Gasteiger partial charge on any atom is -0.330 e. The predicted molar refractivity (Wildman–Crippen MR) is 72.0 cm³/mol. The fraction of sp³-hybridized carbons (Fsp3) is 0.462. The van der Waals surface area contributed by atoms with Crippen LogP contribution in [-0.2, 0) is 4.79 Å². The van der Waals surface area contributed by atoms with Gasteiger partial charge in [0.15, 0.2) is 0 Å². The van der Waals surface area contributed by atoms with E-state index in [1.807, 2.05) is 13.8 Å². The predicted octanol–water partition coefficient (Wildman–Crippen LogP) is 3.04. The highest BCUT2D eigenvalue weighted by Gasteiger charge is 2.19. The van der Waals surface area contributed by atoms with Gasteiger partial charge >= 0.3 is 0 Å². The van der Waals surface area contributed by atoms with E-state index in [2.05, 4.69) is 5.32 Å². The fourth-order valence-electron chi connectivity index (χ4n) is 1.71. The largest absolute Gasteiger partial charge is 0.330 e. The summed E-state index contributed by atoms with van der Waals surface area (Å²) in [5, 5.41) is 2.93. The number of carbonyl (C=O) groups excluding carboxylic acids is 1. The third-order valence-corrected chi connectivity index (χ3v) is 2.93. The number of rotatable bonds is 5. The molecular formula is C13H18ClFN2O. The molecule has 0 aromatic heterocycles. The van der Waals surface area contributed by atoms with Crippen molar-refractivity contribution in [1.82, 2.24) is 0 Å². The van der Waals surface area contributed by atoms with Gasteiger partial charge in [-0.1, -0.05) is 25.4 Å². The van der Waals surface area contributed by atoms with Gasteiger partial charge in [-0.15, -0.1) is 0 Å². The lowest BCUT2D eigenvalue weighted by Gasteiger charge is -2.17. The van der Waals surface area contributed by atoms with Gasteiger partial charge in [-0.25, -0.2) is 4.39 Å². The Hall–Kier alpha value is -1.13. The molecule has 1 aromatic carbocycles. The van der Waals surface area contributed by atoms with Crippen molar-refractivity contribution >= 4 is 23.2 Å². The topological polar surface area (TPSA) is 55.1 Å². The van der Waals surface area contributed by atoms with Crippen LogP contribution in [0.25, 0.3) is 0 Å². The van der Waals surface area contributed by atoms with Crippen molar-refractivity contribution in [3.63, 3.8) is 0 Å². The molecule has 1 amide bonds. The second kappa shape index (κ2) is 6.71. The molecule has 0 radical (unpaired) electrons. The van der Waals surface area contributed by atoms with Crippen LogP contribution in [0.15, 0.2) is 18.2 Å². The average Bonchev–Trinajstić information content (AvgIpc) is 2.30. The van der Waals surface area contributed by atoms with Gasteiger partial charge in [-0.3, -0.25) is 4.79 Å². The number of amides is 1. The summed E-state index contributed by atoms with van der Waals surface area (Å²) < 4.78 is 13.1. The number of anilines is 1. The van der Waals surface area contributed by atoms with E-state index in [4.69, 9.17) is 17.3 Å². The summed E-state index contributed by atoms with van der Waals surface area (Å²) in [5.74, 6) is -0.585. The fourth-order valence-corrected chi connectivity index (χ4v) is 1.87. The normalized spacial score (nSPS) is 12.6. The first-order valence-electron chi connectivity index (χ1n) is 5.90. The number of halogens is 2. The SMILES string of the molecule is CC(C)CC(CN)C(=O)Nc1cc(F)ccc1Cl. The van der Waals surface area contributed by atoms with Gasteiger partial charge in [0, 0.05) is 6.54 Å². The Morgan fingerprint density at radius 2 is 2.17 bits per heavy atom. The molecule has 0 aliphatic rings. The third kappa shape index (κ3) is 4.27. The first kappa shape index (κ1) is 14.9. The molecule has 3 nitrogen and oxygen atoms in total. The third-order valence-electron chi connectivity index (χ3n) is 2.60. The molecule has 1 atom stereocenters. The quantitative estimate of drug-likeness (QED) is 0.866. The number of hydrogen-bond acceptors (Lipinski definition) is 2. The zero-order valence-corrected chi connectivity index (χ0v) is 11.3. The maximum atomic E-state index is 13.1. The highest BCUT2D eigenvalue weighted by molar-refractivity contribution is 6.33. The molecule has 18 heavy (non-hydrogen) atoms. The van der Waals surface area contributed by atoms with Crippen LogP contribution >= 0.6 is 11.6 Å². The van der Waals surface area contributed by atoms with E-state index in [1.165, 1.54) is 18.2 Å². The summed E-state index contributed by atoms with van der Waals surface area (Å²) in [7, 11) is 0. The van der Waals surface area contributed by atoms with Crippen molar-refractivity contribution in [3.8, 4) is 0 Å². The van der Waals surface area contributed by atoms with Gasteiger partial charge in [0.05, 0.1) is 16.6 Å². The highest BCUT2D eigenvalue weighted by atomic mass is 35.5. The lowest BCUT2D eigenvalue weighted by atomic mass is 9.96. The van der Waals surface area contributed by atoms with Crippen molar-refractivity contribution in [2.75, 3.05) is 11.9 Å². The first-order chi connectivity index (χ1) is 8.43. The lowest BCUT2D eigenvalue weighted by molar-refractivity contribution is -0.120. The molecule has 0 saturated heterocycles. The van der Waals surface area contributed by atoms with Crippen molar-refractivity contribution in [3.05, 3.63) is 29.0 Å². The van der Waals surface area contributed by atoms with E-state index < -0.39 is 5.82 Å².